The van der Waals surface area contributed by atoms with E-state index in [1.165, 1.54) is 5.56 Å². The van der Waals surface area contributed by atoms with Crippen LogP contribution in [0.3, 0.4) is 0 Å². The standard InChI is InChI=1S/C20H19ClN2O/c1-20(2,3)16-6-4-14(5-7-16)12-15(13-22)19(24)23-18-10-8-17(21)9-11-18/h4-12H,1-3H3,(H,23,24)/b15-12-. The molecule has 1 N–H and O–H groups in total. The fourth-order valence-electron chi connectivity index (χ4n) is 2.13. The number of hydrogen-bond acceptors (Lipinski definition) is 2. The first-order chi connectivity index (χ1) is 11.3. The molecule has 0 unspecified atom stereocenters. The van der Waals surface area contributed by atoms with Crippen LogP contribution in [0, 0.1) is 11.3 Å². The van der Waals surface area contributed by atoms with Gasteiger partial charge in [0.1, 0.15) is 11.6 Å². The molecule has 3 nitrogen and oxygen atoms in total. The molecule has 0 spiro atoms. The highest BCUT2D eigenvalue weighted by atomic mass is 35.5. The maximum atomic E-state index is 12.2. The molecular weight excluding hydrogens is 320 g/mol. The number of nitrogens with zero attached hydrogens (tertiary/aromatic N) is 1. The summed E-state index contributed by atoms with van der Waals surface area (Å²) in [5.41, 5.74) is 2.71. The Morgan fingerprint density at radius 3 is 2.17 bits per heavy atom. The van der Waals surface area contributed by atoms with E-state index in [-0.39, 0.29) is 11.0 Å². The summed E-state index contributed by atoms with van der Waals surface area (Å²) in [6.45, 7) is 6.41. The van der Waals surface area contributed by atoms with Gasteiger partial charge in [-0.05, 0) is 46.9 Å². The van der Waals surface area contributed by atoms with E-state index < -0.39 is 5.91 Å². The third-order valence-corrected chi connectivity index (χ3v) is 3.81. The van der Waals surface area contributed by atoms with Crippen molar-refractivity contribution in [2.24, 2.45) is 0 Å². The normalized spacial score (nSPS) is 11.7. The molecule has 0 bridgehead atoms. The van der Waals surface area contributed by atoms with Crippen LogP contribution in [0.25, 0.3) is 6.08 Å². The number of amides is 1. The van der Waals surface area contributed by atoms with Gasteiger partial charge in [-0.2, -0.15) is 5.26 Å². The first-order valence-electron chi connectivity index (χ1n) is 7.59. The average molecular weight is 339 g/mol. The van der Waals surface area contributed by atoms with E-state index in [1.807, 2.05) is 30.3 Å². The third kappa shape index (κ3) is 4.71. The summed E-state index contributed by atoms with van der Waals surface area (Å²) in [5, 5.41) is 12.5. The number of nitriles is 1. The van der Waals surface area contributed by atoms with Crippen LogP contribution in [0.1, 0.15) is 31.9 Å². The van der Waals surface area contributed by atoms with Crippen molar-refractivity contribution in [3.63, 3.8) is 0 Å². The molecule has 1 amide bonds. The maximum Gasteiger partial charge on any atom is 0.266 e. The summed E-state index contributed by atoms with van der Waals surface area (Å²) in [5.74, 6) is -0.445. The Hall–Kier alpha value is -2.57. The van der Waals surface area contributed by atoms with E-state index in [1.54, 1.807) is 30.3 Å². The van der Waals surface area contributed by atoms with Crippen molar-refractivity contribution in [1.82, 2.24) is 0 Å². The summed E-state index contributed by atoms with van der Waals surface area (Å²) in [7, 11) is 0. The van der Waals surface area contributed by atoms with Gasteiger partial charge in [-0.3, -0.25) is 4.79 Å². The molecule has 0 heterocycles. The molecule has 0 aromatic heterocycles. The van der Waals surface area contributed by atoms with E-state index in [0.717, 1.165) is 5.56 Å². The predicted molar refractivity (Wildman–Crippen MR) is 98.8 cm³/mol. The highest BCUT2D eigenvalue weighted by Gasteiger charge is 2.13. The van der Waals surface area contributed by atoms with Gasteiger partial charge in [-0.25, -0.2) is 0 Å². The van der Waals surface area contributed by atoms with E-state index in [0.29, 0.717) is 10.7 Å². The first-order valence-corrected chi connectivity index (χ1v) is 7.96. The molecule has 2 aromatic rings. The fraction of sp³-hybridized carbons (Fsp3) is 0.200. The van der Waals surface area contributed by atoms with E-state index in [9.17, 15) is 10.1 Å². The van der Waals surface area contributed by atoms with Gasteiger partial charge in [0.05, 0.1) is 0 Å². The molecule has 122 valence electrons. The zero-order chi connectivity index (χ0) is 17.7. The van der Waals surface area contributed by atoms with Crippen molar-refractivity contribution in [3.8, 4) is 6.07 Å². The third-order valence-electron chi connectivity index (χ3n) is 3.55. The Bertz CT molecular complexity index is 792. The minimum Gasteiger partial charge on any atom is -0.321 e. The van der Waals surface area contributed by atoms with Gasteiger partial charge < -0.3 is 5.32 Å². The lowest BCUT2D eigenvalue weighted by molar-refractivity contribution is -0.112. The van der Waals surface area contributed by atoms with Crippen LogP contribution in [0.5, 0.6) is 0 Å². The highest BCUT2D eigenvalue weighted by molar-refractivity contribution is 6.30. The molecule has 0 radical (unpaired) electrons. The van der Waals surface area contributed by atoms with Gasteiger partial charge in [0, 0.05) is 10.7 Å². The number of anilines is 1. The number of nitrogens with one attached hydrogen (secondary N) is 1. The van der Waals surface area contributed by atoms with Gasteiger partial charge in [0.15, 0.2) is 0 Å². The number of rotatable bonds is 3. The van der Waals surface area contributed by atoms with Crippen LogP contribution in [-0.4, -0.2) is 5.91 Å². The van der Waals surface area contributed by atoms with Crippen LogP contribution in [-0.2, 0) is 10.2 Å². The summed E-state index contributed by atoms with van der Waals surface area (Å²) < 4.78 is 0. The van der Waals surface area contributed by atoms with Crippen molar-refractivity contribution < 1.29 is 4.79 Å². The molecule has 0 saturated heterocycles. The molecule has 2 rings (SSSR count). The van der Waals surface area contributed by atoms with Crippen LogP contribution >= 0.6 is 11.6 Å². The number of carbonyl (C=O) groups is 1. The Morgan fingerprint density at radius 2 is 1.67 bits per heavy atom. The number of halogens is 1. The van der Waals surface area contributed by atoms with Crippen molar-refractivity contribution >= 4 is 29.3 Å². The largest absolute Gasteiger partial charge is 0.321 e. The summed E-state index contributed by atoms with van der Waals surface area (Å²) >= 11 is 5.81. The second kappa shape index (κ2) is 7.33. The van der Waals surface area contributed by atoms with Crippen LogP contribution in [0.15, 0.2) is 54.1 Å². The molecule has 0 aliphatic carbocycles. The minimum atomic E-state index is -0.445. The second-order valence-electron chi connectivity index (χ2n) is 6.50. The van der Waals surface area contributed by atoms with Gasteiger partial charge >= 0.3 is 0 Å². The zero-order valence-corrected chi connectivity index (χ0v) is 14.7. The van der Waals surface area contributed by atoms with Gasteiger partial charge in [-0.15, -0.1) is 0 Å². The van der Waals surface area contributed by atoms with E-state index in [2.05, 4.69) is 26.1 Å². The van der Waals surface area contributed by atoms with Gasteiger partial charge in [0.25, 0.3) is 5.91 Å². The van der Waals surface area contributed by atoms with Crippen molar-refractivity contribution in [1.29, 1.82) is 5.26 Å². The van der Waals surface area contributed by atoms with E-state index >= 15 is 0 Å². The van der Waals surface area contributed by atoms with Gasteiger partial charge in [0.2, 0.25) is 0 Å². The van der Waals surface area contributed by atoms with Crippen LogP contribution < -0.4 is 5.32 Å². The quantitative estimate of drug-likeness (QED) is 0.619. The monoisotopic (exact) mass is 338 g/mol. The number of carbonyl (C=O) groups excluding carboxylic acids is 1. The highest BCUT2D eigenvalue weighted by Crippen LogP contribution is 2.23. The van der Waals surface area contributed by atoms with Crippen LogP contribution in [0.4, 0.5) is 5.69 Å². The molecule has 2 aromatic carbocycles. The fourth-order valence-corrected chi connectivity index (χ4v) is 2.25. The molecule has 0 saturated carbocycles. The summed E-state index contributed by atoms with van der Waals surface area (Å²) in [6.07, 6.45) is 1.58. The average Bonchev–Trinajstić information content (AvgIpc) is 2.54. The smallest absolute Gasteiger partial charge is 0.266 e. The molecule has 0 fully saturated rings. The molecule has 0 atom stereocenters. The first kappa shape index (κ1) is 17.8. The molecule has 0 aliphatic heterocycles. The Morgan fingerprint density at radius 1 is 1.08 bits per heavy atom. The zero-order valence-electron chi connectivity index (χ0n) is 13.9. The molecule has 24 heavy (non-hydrogen) atoms. The maximum absolute atomic E-state index is 12.2. The van der Waals surface area contributed by atoms with E-state index in [4.69, 9.17) is 11.6 Å². The van der Waals surface area contributed by atoms with Crippen molar-refractivity contribution in [3.05, 3.63) is 70.3 Å². The topological polar surface area (TPSA) is 52.9 Å². The lowest BCUT2D eigenvalue weighted by atomic mass is 9.86. The minimum absolute atomic E-state index is 0.0495. The summed E-state index contributed by atoms with van der Waals surface area (Å²) in [6, 6.07) is 16.5. The Balaban J connectivity index is 2.18. The summed E-state index contributed by atoms with van der Waals surface area (Å²) in [4.78, 5) is 12.2. The number of hydrogen-bond donors (Lipinski definition) is 1. The van der Waals surface area contributed by atoms with Crippen molar-refractivity contribution in [2.45, 2.75) is 26.2 Å². The molecule has 4 heteroatoms. The second-order valence-corrected chi connectivity index (χ2v) is 6.94. The van der Waals surface area contributed by atoms with Crippen molar-refractivity contribution in [2.75, 3.05) is 5.32 Å². The predicted octanol–water partition coefficient (Wildman–Crippen LogP) is 5.18. The molecular formula is C20H19ClN2O. The Kier molecular flexibility index (Phi) is 5.43. The SMILES string of the molecule is CC(C)(C)c1ccc(/C=C(/C#N)C(=O)Nc2ccc(Cl)cc2)cc1. The Labute approximate surface area is 147 Å². The molecule has 0 aliphatic rings. The lowest BCUT2D eigenvalue weighted by Gasteiger charge is -2.18. The lowest BCUT2D eigenvalue weighted by Crippen LogP contribution is -2.13. The number of benzene rings is 2. The van der Waals surface area contributed by atoms with Gasteiger partial charge in [-0.1, -0.05) is 56.6 Å². The van der Waals surface area contributed by atoms with Crippen LogP contribution in [0.2, 0.25) is 5.02 Å².